The smallest absolute Gasteiger partial charge is 0.154 e. The zero-order valence-electron chi connectivity index (χ0n) is 31.3. The van der Waals surface area contributed by atoms with Crippen molar-refractivity contribution in [2.24, 2.45) is 4.99 Å². The molecule has 11 rings (SSSR count). The Hall–Kier alpha value is -7.97. The number of nitrogens with one attached hydrogen (secondary N) is 2. The van der Waals surface area contributed by atoms with Gasteiger partial charge < -0.3 is 15.5 Å². The summed E-state index contributed by atoms with van der Waals surface area (Å²) in [5, 5.41) is 7.76. The molecule has 0 saturated carbocycles. The van der Waals surface area contributed by atoms with Crippen molar-refractivity contribution in [3.8, 4) is 11.4 Å². The predicted octanol–water partition coefficient (Wildman–Crippen LogP) is 9.75. The molecule has 3 aliphatic rings. The van der Waals surface area contributed by atoms with Crippen molar-refractivity contribution in [1.29, 1.82) is 0 Å². The highest BCUT2D eigenvalue weighted by molar-refractivity contribution is 6.03. The second-order valence-corrected chi connectivity index (χ2v) is 14.3. The molecule has 0 saturated heterocycles. The summed E-state index contributed by atoms with van der Waals surface area (Å²) in [6.45, 7) is 0. The van der Waals surface area contributed by atoms with Gasteiger partial charge in [0.05, 0.1) is 17.0 Å². The van der Waals surface area contributed by atoms with Gasteiger partial charge in [0.25, 0.3) is 0 Å². The molecular formula is C50H36N8. The lowest BCUT2D eigenvalue weighted by atomic mass is 9.96. The SMILES string of the molecule is C1=C2NC(=C(c3ccccc3)c3nc(cn3-c3ccccc3)C3=NC(c4ccccc4)C(=C(c4ccccc4)c4nc2cn4-c2ccccc2)N3)N1c1ccccc1. The second kappa shape index (κ2) is 14.0. The Labute approximate surface area is 336 Å². The van der Waals surface area contributed by atoms with Crippen molar-refractivity contribution in [2.45, 2.75) is 6.04 Å². The van der Waals surface area contributed by atoms with Crippen LogP contribution in [0.25, 0.3) is 28.2 Å². The maximum absolute atomic E-state index is 5.58. The molecule has 0 amide bonds. The Kier molecular flexibility index (Phi) is 8.03. The zero-order valence-corrected chi connectivity index (χ0v) is 31.3. The maximum Gasteiger partial charge on any atom is 0.154 e. The third-order valence-corrected chi connectivity index (χ3v) is 10.8. The van der Waals surface area contributed by atoms with Crippen LogP contribution in [0.2, 0.25) is 0 Å². The monoisotopic (exact) mass is 748 g/mol. The van der Waals surface area contributed by atoms with Gasteiger partial charge in [0.2, 0.25) is 0 Å². The first-order chi connectivity index (χ1) is 28.8. The average molecular weight is 749 g/mol. The van der Waals surface area contributed by atoms with Crippen molar-refractivity contribution in [3.05, 3.63) is 252 Å². The van der Waals surface area contributed by atoms with Crippen molar-refractivity contribution < 1.29 is 0 Å². The van der Waals surface area contributed by atoms with Crippen molar-refractivity contribution in [1.82, 2.24) is 29.7 Å². The van der Waals surface area contributed by atoms with E-state index in [1.165, 1.54) is 0 Å². The molecule has 3 aliphatic heterocycles. The van der Waals surface area contributed by atoms with Crippen LogP contribution < -0.4 is 15.5 Å². The molecule has 8 bridgehead atoms. The fourth-order valence-corrected chi connectivity index (χ4v) is 8.06. The van der Waals surface area contributed by atoms with Gasteiger partial charge in [-0.25, -0.2) is 9.97 Å². The molecule has 58 heavy (non-hydrogen) atoms. The Morgan fingerprint density at radius 2 is 0.914 bits per heavy atom. The highest BCUT2D eigenvalue weighted by Gasteiger charge is 2.36. The summed E-state index contributed by atoms with van der Waals surface area (Å²) in [5.74, 6) is 3.09. The molecule has 8 nitrogen and oxygen atoms in total. The second-order valence-electron chi connectivity index (χ2n) is 14.3. The minimum atomic E-state index is -0.361. The summed E-state index contributed by atoms with van der Waals surface area (Å²) in [5.41, 5.74) is 11.2. The van der Waals surface area contributed by atoms with Crippen LogP contribution in [-0.2, 0) is 0 Å². The Balaban J connectivity index is 1.27. The van der Waals surface area contributed by atoms with E-state index in [0.29, 0.717) is 5.84 Å². The van der Waals surface area contributed by atoms with Crippen LogP contribution in [0.4, 0.5) is 5.69 Å². The fourth-order valence-electron chi connectivity index (χ4n) is 8.06. The molecule has 0 aliphatic carbocycles. The van der Waals surface area contributed by atoms with E-state index < -0.39 is 0 Å². The molecule has 276 valence electrons. The van der Waals surface area contributed by atoms with Crippen molar-refractivity contribution in [2.75, 3.05) is 4.90 Å². The molecule has 8 heteroatoms. The number of imidazole rings is 2. The van der Waals surface area contributed by atoms with Crippen LogP contribution in [0.5, 0.6) is 0 Å². The number of para-hydroxylation sites is 3. The third-order valence-electron chi connectivity index (χ3n) is 10.8. The molecule has 1 unspecified atom stereocenters. The fraction of sp³-hybridized carbons (Fsp3) is 0.0200. The minimum absolute atomic E-state index is 0.361. The lowest BCUT2D eigenvalue weighted by Gasteiger charge is -2.22. The number of benzene rings is 6. The van der Waals surface area contributed by atoms with Gasteiger partial charge in [0.15, 0.2) is 5.84 Å². The number of rotatable bonds is 6. The highest BCUT2D eigenvalue weighted by atomic mass is 15.3. The Bertz CT molecular complexity index is 2710. The van der Waals surface area contributed by atoms with Crippen molar-refractivity contribution >= 4 is 28.4 Å². The maximum atomic E-state index is 5.58. The minimum Gasteiger partial charge on any atom is -0.339 e. The largest absolute Gasteiger partial charge is 0.339 e. The first kappa shape index (κ1) is 33.4. The summed E-state index contributed by atoms with van der Waals surface area (Å²) < 4.78 is 4.37. The molecule has 6 aromatic carbocycles. The van der Waals surface area contributed by atoms with E-state index in [-0.39, 0.29) is 6.04 Å². The molecule has 1 atom stereocenters. The van der Waals surface area contributed by atoms with E-state index in [4.69, 9.17) is 15.0 Å². The topological polar surface area (TPSA) is 75.3 Å². The van der Waals surface area contributed by atoms with E-state index in [0.717, 1.165) is 85.2 Å². The molecule has 2 N–H and O–H groups in total. The van der Waals surface area contributed by atoms with Gasteiger partial charge in [-0.05, 0) is 53.1 Å². The number of anilines is 1. The van der Waals surface area contributed by atoms with Crippen LogP contribution in [0.1, 0.15) is 45.8 Å². The molecule has 2 aromatic heterocycles. The molecule has 0 spiro atoms. The number of amidine groups is 1. The third kappa shape index (κ3) is 5.74. The molecule has 5 heterocycles. The van der Waals surface area contributed by atoms with Crippen LogP contribution in [0.15, 0.2) is 217 Å². The number of hydrogen-bond acceptors (Lipinski definition) is 6. The van der Waals surface area contributed by atoms with E-state index in [1.54, 1.807) is 0 Å². The van der Waals surface area contributed by atoms with Crippen LogP contribution >= 0.6 is 0 Å². The van der Waals surface area contributed by atoms with Gasteiger partial charge in [0, 0.05) is 41.2 Å². The van der Waals surface area contributed by atoms with Gasteiger partial charge in [-0.1, -0.05) is 146 Å². The molecule has 8 aromatic rings. The predicted molar refractivity (Wildman–Crippen MR) is 231 cm³/mol. The van der Waals surface area contributed by atoms with E-state index in [1.807, 2.05) is 36.4 Å². The van der Waals surface area contributed by atoms with Gasteiger partial charge in [-0.3, -0.25) is 14.1 Å². The lowest BCUT2D eigenvalue weighted by molar-refractivity contribution is 0.855. The van der Waals surface area contributed by atoms with Gasteiger partial charge >= 0.3 is 0 Å². The van der Waals surface area contributed by atoms with E-state index >= 15 is 0 Å². The standard InChI is InChI=1S/C50H36N8/c1-7-19-34(20-8-1)43-46-45(36-23-11-3-12-24-36)54-47(55-46)42-33-58(39-29-17-6-18-30-39)50(53-42)44(35-21-9-2-10-22-35)49-52-41(32-57(49)38-27-15-5-16-28-38)40-31-56(48(43)51-40)37-25-13-4-14-26-37/h1-33,45,52H,(H,54,55). The lowest BCUT2D eigenvalue weighted by Crippen LogP contribution is -2.23. The summed E-state index contributed by atoms with van der Waals surface area (Å²) in [6.07, 6.45) is 6.39. The molecule has 0 radical (unpaired) electrons. The summed E-state index contributed by atoms with van der Waals surface area (Å²) in [7, 11) is 0. The summed E-state index contributed by atoms with van der Waals surface area (Å²) in [6, 6.07) is 62.3. The normalized spacial score (nSPS) is 15.7. The van der Waals surface area contributed by atoms with Gasteiger partial charge in [-0.15, -0.1) is 0 Å². The number of aliphatic imine (C=N–C) groups is 1. The van der Waals surface area contributed by atoms with Crippen molar-refractivity contribution in [3.63, 3.8) is 0 Å². The summed E-state index contributed by atoms with van der Waals surface area (Å²) in [4.78, 5) is 18.8. The first-order valence-corrected chi connectivity index (χ1v) is 19.4. The quantitative estimate of drug-likeness (QED) is 0.177. The van der Waals surface area contributed by atoms with Crippen LogP contribution in [0.3, 0.4) is 0 Å². The van der Waals surface area contributed by atoms with Crippen LogP contribution in [-0.4, -0.2) is 24.9 Å². The summed E-state index contributed by atoms with van der Waals surface area (Å²) >= 11 is 0. The average Bonchev–Trinajstić information content (AvgIpc) is 4.12. The number of hydrogen-bond donors (Lipinski definition) is 2. The molecular weight excluding hydrogens is 713 g/mol. The molecule has 0 fully saturated rings. The number of aromatic nitrogens is 4. The first-order valence-electron chi connectivity index (χ1n) is 19.4. The Morgan fingerprint density at radius 1 is 0.448 bits per heavy atom. The van der Waals surface area contributed by atoms with Gasteiger partial charge in [-0.2, -0.15) is 0 Å². The number of fused-ring (bicyclic) bond motifs is 10. The van der Waals surface area contributed by atoms with Gasteiger partial charge in [0.1, 0.15) is 34.9 Å². The highest BCUT2D eigenvalue weighted by Crippen LogP contribution is 2.42. The Morgan fingerprint density at radius 3 is 1.50 bits per heavy atom. The van der Waals surface area contributed by atoms with E-state index in [9.17, 15) is 0 Å². The zero-order chi connectivity index (χ0) is 38.4. The van der Waals surface area contributed by atoms with Crippen LogP contribution in [0, 0.1) is 0 Å². The number of nitrogens with zero attached hydrogens (tertiary/aromatic N) is 6. The van der Waals surface area contributed by atoms with E-state index in [2.05, 4.69) is 189 Å².